The molecule has 0 fully saturated rings. The van der Waals surface area contributed by atoms with Crippen molar-refractivity contribution in [3.05, 3.63) is 54.0 Å². The summed E-state index contributed by atoms with van der Waals surface area (Å²) in [6.07, 6.45) is 4.67. The maximum absolute atomic E-state index is 4.44. The zero-order chi connectivity index (χ0) is 12.8. The maximum atomic E-state index is 4.44. The molecule has 2 aromatic heterocycles. The molecule has 0 radical (unpaired) electrons. The molecule has 4 heteroatoms. The Bertz CT molecular complexity index is 470. The number of pyridine rings is 2. The van der Waals surface area contributed by atoms with Gasteiger partial charge in [0.15, 0.2) is 0 Å². The van der Waals surface area contributed by atoms with Crippen molar-refractivity contribution < 1.29 is 0 Å². The highest BCUT2D eigenvalue weighted by molar-refractivity contribution is 9.08. The van der Waals surface area contributed by atoms with Crippen molar-refractivity contribution in [3.63, 3.8) is 0 Å². The molecule has 0 aliphatic rings. The van der Waals surface area contributed by atoms with Crippen LogP contribution in [0.1, 0.15) is 11.3 Å². The number of hydrogen-bond acceptors (Lipinski definition) is 3. The van der Waals surface area contributed by atoms with Gasteiger partial charge in [0, 0.05) is 43.4 Å². The smallest absolute Gasteiger partial charge is 0.128 e. The third-order valence-electron chi connectivity index (χ3n) is 2.78. The molecule has 18 heavy (non-hydrogen) atoms. The first-order valence-electron chi connectivity index (χ1n) is 5.91. The van der Waals surface area contributed by atoms with Gasteiger partial charge in [-0.2, -0.15) is 0 Å². The molecule has 0 aromatic carbocycles. The third kappa shape index (κ3) is 3.53. The normalized spacial score (nSPS) is 10.3. The summed E-state index contributed by atoms with van der Waals surface area (Å²) >= 11 is 3.42. The average molecular weight is 306 g/mol. The zero-order valence-electron chi connectivity index (χ0n) is 10.4. The summed E-state index contributed by atoms with van der Waals surface area (Å²) in [6.45, 7) is 0.914. The molecular weight excluding hydrogens is 290 g/mol. The summed E-state index contributed by atoms with van der Waals surface area (Å²) in [6, 6.07) is 10.2. The van der Waals surface area contributed by atoms with Crippen LogP contribution >= 0.6 is 15.9 Å². The van der Waals surface area contributed by atoms with Crippen LogP contribution in [0.15, 0.2) is 42.7 Å². The quantitative estimate of drug-likeness (QED) is 0.795. The molecule has 0 aliphatic carbocycles. The van der Waals surface area contributed by atoms with E-state index < -0.39 is 0 Å². The van der Waals surface area contributed by atoms with E-state index in [0.29, 0.717) is 0 Å². The molecule has 94 valence electrons. The van der Waals surface area contributed by atoms with Gasteiger partial charge >= 0.3 is 0 Å². The number of alkyl halides is 1. The average Bonchev–Trinajstić information content (AvgIpc) is 2.46. The number of anilines is 1. The van der Waals surface area contributed by atoms with Crippen LogP contribution in [0.4, 0.5) is 5.82 Å². The lowest BCUT2D eigenvalue weighted by molar-refractivity contribution is 0.838. The maximum Gasteiger partial charge on any atom is 0.128 e. The van der Waals surface area contributed by atoms with Crippen molar-refractivity contribution >= 4 is 21.7 Å². The van der Waals surface area contributed by atoms with E-state index in [0.717, 1.165) is 29.8 Å². The van der Waals surface area contributed by atoms with Gasteiger partial charge in [-0.05, 0) is 23.8 Å². The van der Waals surface area contributed by atoms with Gasteiger partial charge in [0.1, 0.15) is 5.82 Å². The number of likely N-dealkylation sites (N-methyl/N-ethyl adjacent to an activating group) is 1. The molecule has 0 amide bonds. The van der Waals surface area contributed by atoms with E-state index in [2.05, 4.69) is 56.0 Å². The SMILES string of the molecule is CN(CCc1ccccn1)c1ccc(CBr)cn1. The molecule has 0 saturated heterocycles. The molecule has 2 rings (SSSR count). The van der Waals surface area contributed by atoms with Crippen LogP contribution in [0.3, 0.4) is 0 Å². The van der Waals surface area contributed by atoms with Crippen molar-refractivity contribution in [3.8, 4) is 0 Å². The van der Waals surface area contributed by atoms with E-state index in [1.807, 2.05) is 24.5 Å². The molecular formula is C14H16BrN3. The Labute approximate surface area is 116 Å². The van der Waals surface area contributed by atoms with Gasteiger partial charge in [-0.3, -0.25) is 4.98 Å². The standard InChI is InChI=1S/C14H16BrN3/c1-18(9-7-13-4-2-3-8-16-13)14-6-5-12(10-15)11-17-14/h2-6,8,11H,7,9-10H2,1H3. The van der Waals surface area contributed by atoms with Crippen LogP contribution in [0, 0.1) is 0 Å². The molecule has 0 spiro atoms. The number of rotatable bonds is 5. The number of nitrogens with zero attached hydrogens (tertiary/aromatic N) is 3. The van der Waals surface area contributed by atoms with Crippen molar-refractivity contribution in [2.24, 2.45) is 0 Å². The van der Waals surface area contributed by atoms with E-state index in [1.54, 1.807) is 0 Å². The lowest BCUT2D eigenvalue weighted by atomic mass is 10.2. The topological polar surface area (TPSA) is 29.0 Å². The number of aromatic nitrogens is 2. The van der Waals surface area contributed by atoms with Crippen molar-refractivity contribution in [1.82, 2.24) is 9.97 Å². The first kappa shape index (κ1) is 13.0. The minimum atomic E-state index is 0.845. The Morgan fingerprint density at radius 2 is 2.06 bits per heavy atom. The predicted octanol–water partition coefficient (Wildman–Crippen LogP) is 3.05. The highest BCUT2D eigenvalue weighted by Crippen LogP contribution is 2.12. The predicted molar refractivity (Wildman–Crippen MR) is 78.1 cm³/mol. The summed E-state index contributed by atoms with van der Waals surface area (Å²) < 4.78 is 0. The Balaban J connectivity index is 1.93. The van der Waals surface area contributed by atoms with Crippen LogP contribution < -0.4 is 4.90 Å². The fourth-order valence-corrected chi connectivity index (χ4v) is 2.00. The Kier molecular flexibility index (Phi) is 4.70. The lowest BCUT2D eigenvalue weighted by Crippen LogP contribution is -2.21. The summed E-state index contributed by atoms with van der Waals surface area (Å²) in [5, 5.41) is 0.845. The fraction of sp³-hybridized carbons (Fsp3) is 0.286. The molecule has 0 N–H and O–H groups in total. The molecule has 0 unspecified atom stereocenters. The fourth-order valence-electron chi connectivity index (χ4n) is 1.66. The highest BCUT2D eigenvalue weighted by atomic mass is 79.9. The molecule has 0 aliphatic heterocycles. The van der Waals surface area contributed by atoms with E-state index >= 15 is 0 Å². The molecule has 2 heterocycles. The first-order chi connectivity index (χ1) is 8.79. The molecule has 0 atom stereocenters. The van der Waals surface area contributed by atoms with Gasteiger partial charge in [0.05, 0.1) is 0 Å². The van der Waals surface area contributed by atoms with Gasteiger partial charge in [-0.1, -0.05) is 28.1 Å². The monoisotopic (exact) mass is 305 g/mol. The van der Waals surface area contributed by atoms with E-state index in [1.165, 1.54) is 5.56 Å². The zero-order valence-corrected chi connectivity index (χ0v) is 12.0. The van der Waals surface area contributed by atoms with Gasteiger partial charge in [0.2, 0.25) is 0 Å². The number of halogens is 1. The Hall–Kier alpha value is -1.42. The largest absolute Gasteiger partial charge is 0.359 e. The van der Waals surface area contributed by atoms with Crippen LogP contribution in [-0.4, -0.2) is 23.6 Å². The van der Waals surface area contributed by atoms with Crippen LogP contribution in [0.2, 0.25) is 0 Å². The second-order valence-electron chi connectivity index (χ2n) is 4.15. The van der Waals surface area contributed by atoms with E-state index in [-0.39, 0.29) is 0 Å². The first-order valence-corrected chi connectivity index (χ1v) is 7.03. The molecule has 2 aromatic rings. The summed E-state index contributed by atoms with van der Waals surface area (Å²) in [7, 11) is 2.05. The van der Waals surface area contributed by atoms with E-state index in [9.17, 15) is 0 Å². The van der Waals surface area contributed by atoms with Crippen molar-refractivity contribution in [1.29, 1.82) is 0 Å². The summed E-state index contributed by atoms with van der Waals surface area (Å²) in [4.78, 5) is 10.9. The second kappa shape index (κ2) is 6.50. The van der Waals surface area contributed by atoms with Gasteiger partial charge in [-0.25, -0.2) is 4.98 Å². The van der Waals surface area contributed by atoms with Crippen molar-refractivity contribution in [2.45, 2.75) is 11.8 Å². The molecule has 0 bridgehead atoms. The summed E-state index contributed by atoms with van der Waals surface area (Å²) in [5.41, 5.74) is 2.30. The molecule has 0 saturated carbocycles. The van der Waals surface area contributed by atoms with Crippen LogP contribution in [0.25, 0.3) is 0 Å². The number of hydrogen-bond donors (Lipinski definition) is 0. The lowest BCUT2D eigenvalue weighted by Gasteiger charge is -2.17. The Morgan fingerprint density at radius 1 is 1.17 bits per heavy atom. The second-order valence-corrected chi connectivity index (χ2v) is 4.71. The van der Waals surface area contributed by atoms with E-state index in [4.69, 9.17) is 0 Å². The van der Waals surface area contributed by atoms with Gasteiger partial charge < -0.3 is 4.90 Å². The summed E-state index contributed by atoms with van der Waals surface area (Å²) in [5.74, 6) is 0.996. The molecule has 3 nitrogen and oxygen atoms in total. The highest BCUT2D eigenvalue weighted by Gasteiger charge is 2.03. The van der Waals surface area contributed by atoms with Crippen LogP contribution in [0.5, 0.6) is 0 Å². The Morgan fingerprint density at radius 3 is 2.67 bits per heavy atom. The van der Waals surface area contributed by atoms with Crippen molar-refractivity contribution in [2.75, 3.05) is 18.5 Å². The minimum Gasteiger partial charge on any atom is -0.359 e. The van der Waals surface area contributed by atoms with Gasteiger partial charge in [-0.15, -0.1) is 0 Å². The third-order valence-corrected chi connectivity index (χ3v) is 3.43. The minimum absolute atomic E-state index is 0.845. The van der Waals surface area contributed by atoms with Crippen LogP contribution in [-0.2, 0) is 11.8 Å². The van der Waals surface area contributed by atoms with Gasteiger partial charge in [0.25, 0.3) is 0 Å².